The molecule has 5 heteroatoms. The fourth-order valence-corrected chi connectivity index (χ4v) is 2.95. The van der Waals surface area contributed by atoms with Crippen LogP contribution in [0.4, 0.5) is 0 Å². The van der Waals surface area contributed by atoms with Crippen molar-refractivity contribution in [1.29, 1.82) is 0 Å². The molecule has 0 saturated carbocycles. The van der Waals surface area contributed by atoms with E-state index in [-0.39, 0.29) is 11.3 Å². The van der Waals surface area contributed by atoms with Crippen molar-refractivity contribution in [2.24, 2.45) is 0 Å². The lowest BCUT2D eigenvalue weighted by molar-refractivity contribution is 0.260. The first-order valence-corrected chi connectivity index (χ1v) is 10.8. The summed E-state index contributed by atoms with van der Waals surface area (Å²) in [5, 5.41) is 0.851. The average Bonchev–Trinajstić information content (AvgIpc) is 2.69. The Morgan fingerprint density at radius 3 is 2.11 bits per heavy atom. The molecule has 1 aromatic heterocycles. The molecule has 0 radical (unpaired) electrons. The van der Waals surface area contributed by atoms with Crippen LogP contribution in [-0.4, -0.2) is 24.8 Å². The molecule has 0 aliphatic heterocycles. The van der Waals surface area contributed by atoms with Gasteiger partial charge in [-0.15, -0.1) is 0 Å². The maximum absolute atomic E-state index is 12.7. The van der Waals surface area contributed by atoms with E-state index in [1.165, 1.54) is 12.8 Å². The topological polar surface area (TPSA) is 60.5 Å². The third-order valence-corrected chi connectivity index (χ3v) is 4.65. The smallest absolute Gasteiger partial charge is 0.294 e. The molecule has 0 aliphatic rings. The van der Waals surface area contributed by atoms with Gasteiger partial charge in [0.05, 0.1) is 25.3 Å². The SMILES string of the molecule is CCCCCCOc1c(OCCCC)c(=O)[nH]c2cc(OCCCC)ccc12. The highest BCUT2D eigenvalue weighted by atomic mass is 16.5. The number of hydrogen-bond donors (Lipinski definition) is 1. The average molecular weight is 390 g/mol. The second kappa shape index (κ2) is 12.3. The van der Waals surface area contributed by atoms with E-state index in [9.17, 15) is 4.79 Å². The Bertz CT molecular complexity index is 769. The minimum absolute atomic E-state index is 0.252. The van der Waals surface area contributed by atoms with Crippen LogP contribution < -0.4 is 19.8 Å². The highest BCUT2D eigenvalue weighted by molar-refractivity contribution is 5.88. The maximum Gasteiger partial charge on any atom is 0.294 e. The summed E-state index contributed by atoms with van der Waals surface area (Å²) in [6, 6.07) is 5.74. The van der Waals surface area contributed by atoms with E-state index in [4.69, 9.17) is 14.2 Å². The first-order valence-electron chi connectivity index (χ1n) is 10.8. The standard InChI is InChI=1S/C23H35NO4/c1-4-7-10-11-16-27-21-19-13-12-18(26-14-8-5-2)17-20(19)24-23(25)22(21)28-15-9-6-3/h12-13,17H,4-11,14-16H2,1-3H3,(H,24,25). The van der Waals surface area contributed by atoms with E-state index in [0.29, 0.717) is 31.1 Å². The van der Waals surface area contributed by atoms with Crippen molar-refractivity contribution in [3.8, 4) is 17.2 Å². The Hall–Kier alpha value is -2.17. The summed E-state index contributed by atoms with van der Waals surface area (Å²) in [7, 11) is 0. The Morgan fingerprint density at radius 1 is 0.750 bits per heavy atom. The van der Waals surface area contributed by atoms with Crippen LogP contribution in [0.25, 0.3) is 10.9 Å². The summed E-state index contributed by atoms with van der Waals surface area (Å²) in [4.78, 5) is 15.6. The fraction of sp³-hybridized carbons (Fsp3) is 0.609. The van der Waals surface area contributed by atoms with Gasteiger partial charge in [0.15, 0.2) is 5.75 Å². The molecular weight excluding hydrogens is 354 g/mol. The molecule has 1 heterocycles. The number of pyridine rings is 1. The number of nitrogens with one attached hydrogen (secondary N) is 1. The van der Waals surface area contributed by atoms with Crippen molar-refractivity contribution in [2.75, 3.05) is 19.8 Å². The van der Waals surface area contributed by atoms with E-state index < -0.39 is 0 Å². The van der Waals surface area contributed by atoms with Crippen molar-refractivity contribution in [2.45, 2.75) is 72.1 Å². The second-order valence-corrected chi connectivity index (χ2v) is 7.13. The number of rotatable bonds is 14. The quantitative estimate of drug-likeness (QED) is 0.412. The number of hydrogen-bond acceptors (Lipinski definition) is 4. The fourth-order valence-electron chi connectivity index (χ4n) is 2.95. The summed E-state index contributed by atoms with van der Waals surface area (Å²) < 4.78 is 17.6. The largest absolute Gasteiger partial charge is 0.494 e. The molecule has 5 nitrogen and oxygen atoms in total. The number of unbranched alkanes of at least 4 members (excludes halogenated alkanes) is 5. The van der Waals surface area contributed by atoms with Gasteiger partial charge in [-0.25, -0.2) is 0 Å². The molecule has 0 unspecified atom stereocenters. The molecule has 0 bridgehead atoms. The van der Waals surface area contributed by atoms with Crippen LogP contribution in [-0.2, 0) is 0 Å². The van der Waals surface area contributed by atoms with Crippen LogP contribution in [0.15, 0.2) is 23.0 Å². The van der Waals surface area contributed by atoms with Gasteiger partial charge in [-0.3, -0.25) is 4.79 Å². The lowest BCUT2D eigenvalue weighted by atomic mass is 10.1. The van der Waals surface area contributed by atoms with Gasteiger partial charge in [0.25, 0.3) is 5.56 Å². The Morgan fingerprint density at radius 2 is 1.39 bits per heavy atom. The summed E-state index contributed by atoms with van der Waals surface area (Å²) in [5.74, 6) is 1.59. The normalized spacial score (nSPS) is 11.0. The molecule has 1 aromatic carbocycles. The lowest BCUT2D eigenvalue weighted by Gasteiger charge is -2.15. The van der Waals surface area contributed by atoms with Gasteiger partial charge in [-0.05, 0) is 31.4 Å². The molecule has 0 atom stereocenters. The van der Waals surface area contributed by atoms with Gasteiger partial charge < -0.3 is 19.2 Å². The zero-order valence-corrected chi connectivity index (χ0v) is 17.6. The van der Waals surface area contributed by atoms with Gasteiger partial charge in [0.1, 0.15) is 5.75 Å². The summed E-state index contributed by atoms with van der Waals surface area (Å²) in [5.41, 5.74) is 0.461. The van der Waals surface area contributed by atoms with Gasteiger partial charge >= 0.3 is 0 Å². The summed E-state index contributed by atoms with van der Waals surface area (Å²) >= 11 is 0. The predicted molar refractivity (Wildman–Crippen MR) is 115 cm³/mol. The molecule has 0 fully saturated rings. The molecule has 0 amide bonds. The van der Waals surface area contributed by atoms with Crippen molar-refractivity contribution >= 4 is 10.9 Å². The van der Waals surface area contributed by atoms with E-state index >= 15 is 0 Å². The monoisotopic (exact) mass is 389 g/mol. The van der Waals surface area contributed by atoms with Crippen LogP contribution in [0.2, 0.25) is 0 Å². The van der Waals surface area contributed by atoms with Crippen LogP contribution in [0.3, 0.4) is 0 Å². The molecule has 1 N–H and O–H groups in total. The van der Waals surface area contributed by atoms with Gasteiger partial charge in [-0.2, -0.15) is 0 Å². The van der Waals surface area contributed by atoms with Crippen LogP contribution >= 0.6 is 0 Å². The number of H-pyrrole nitrogens is 1. The number of aromatic nitrogens is 1. The Kier molecular flexibility index (Phi) is 9.73. The zero-order valence-electron chi connectivity index (χ0n) is 17.6. The minimum atomic E-state index is -0.252. The van der Waals surface area contributed by atoms with Crippen LogP contribution in [0.1, 0.15) is 72.1 Å². The molecule has 28 heavy (non-hydrogen) atoms. The van der Waals surface area contributed by atoms with Gasteiger partial charge in [0.2, 0.25) is 5.75 Å². The number of benzene rings is 1. The maximum atomic E-state index is 12.7. The van der Waals surface area contributed by atoms with E-state index in [1.54, 1.807) is 0 Å². The van der Waals surface area contributed by atoms with Crippen LogP contribution in [0.5, 0.6) is 17.2 Å². The molecule has 0 spiro atoms. The van der Waals surface area contributed by atoms with Crippen molar-refractivity contribution in [3.05, 3.63) is 28.6 Å². The summed E-state index contributed by atoms with van der Waals surface area (Å²) in [6.07, 6.45) is 8.46. The Labute approximate surface area is 168 Å². The highest BCUT2D eigenvalue weighted by Crippen LogP contribution is 2.33. The van der Waals surface area contributed by atoms with Gasteiger partial charge in [-0.1, -0.05) is 52.9 Å². The Balaban J connectivity index is 2.28. The molecule has 156 valence electrons. The molecular formula is C23H35NO4. The predicted octanol–water partition coefficient (Wildman–Crippen LogP) is 5.85. The van der Waals surface area contributed by atoms with Crippen molar-refractivity contribution in [3.63, 3.8) is 0 Å². The third-order valence-electron chi connectivity index (χ3n) is 4.65. The highest BCUT2D eigenvalue weighted by Gasteiger charge is 2.16. The molecule has 0 aliphatic carbocycles. The molecule has 2 aromatic rings. The van der Waals surface area contributed by atoms with Crippen LogP contribution in [0, 0.1) is 0 Å². The van der Waals surface area contributed by atoms with Gasteiger partial charge in [0, 0.05) is 11.5 Å². The summed E-state index contributed by atoms with van der Waals surface area (Å²) in [6.45, 7) is 8.17. The lowest BCUT2D eigenvalue weighted by Crippen LogP contribution is -2.15. The third kappa shape index (κ3) is 6.47. The first-order chi connectivity index (χ1) is 13.7. The minimum Gasteiger partial charge on any atom is -0.494 e. The number of ether oxygens (including phenoxy) is 3. The van der Waals surface area contributed by atoms with E-state index in [0.717, 1.165) is 49.7 Å². The second-order valence-electron chi connectivity index (χ2n) is 7.13. The molecule has 0 saturated heterocycles. The molecule has 2 rings (SSSR count). The van der Waals surface area contributed by atoms with E-state index in [2.05, 4.69) is 25.8 Å². The zero-order chi connectivity index (χ0) is 20.2. The van der Waals surface area contributed by atoms with Crippen molar-refractivity contribution < 1.29 is 14.2 Å². The first kappa shape index (κ1) is 22.1. The number of fused-ring (bicyclic) bond motifs is 1. The number of aromatic amines is 1. The van der Waals surface area contributed by atoms with E-state index in [1.807, 2.05) is 18.2 Å². The van der Waals surface area contributed by atoms with Crippen molar-refractivity contribution in [1.82, 2.24) is 4.98 Å².